The molecule has 0 fully saturated rings. The van der Waals surface area contributed by atoms with Crippen LogP contribution in [-0.4, -0.2) is 59.6 Å². The first kappa shape index (κ1) is 23.2. The number of carbonyl (C=O) groups is 1. The molecule has 0 aliphatic carbocycles. The Hall–Kier alpha value is -3.01. The summed E-state index contributed by atoms with van der Waals surface area (Å²) in [4.78, 5) is 26.0. The Labute approximate surface area is 197 Å². The third kappa shape index (κ3) is 5.00. The summed E-state index contributed by atoms with van der Waals surface area (Å²) in [5, 5.41) is 16.2. The van der Waals surface area contributed by atoms with Crippen molar-refractivity contribution in [3.63, 3.8) is 0 Å². The van der Waals surface area contributed by atoms with Gasteiger partial charge in [-0.3, -0.25) is 4.79 Å². The van der Waals surface area contributed by atoms with E-state index in [1.54, 1.807) is 6.20 Å². The van der Waals surface area contributed by atoms with Crippen molar-refractivity contribution in [3.8, 4) is 5.75 Å². The molecule has 1 amide bonds. The summed E-state index contributed by atoms with van der Waals surface area (Å²) >= 11 is 1.47. The van der Waals surface area contributed by atoms with Gasteiger partial charge in [-0.2, -0.15) is 0 Å². The Morgan fingerprint density at radius 2 is 2.15 bits per heavy atom. The maximum atomic E-state index is 13.1. The SMILES string of the molecule is CNCC[C@@](O)(Oc1ccc(CN2CCN(C)c3ncncc3C2=O)c(C)c1)c1cccs1. The Morgan fingerprint density at radius 1 is 1.30 bits per heavy atom. The highest BCUT2D eigenvalue weighted by atomic mass is 32.1. The molecule has 0 spiro atoms. The number of fused-ring (bicyclic) bond motifs is 1. The predicted octanol–water partition coefficient (Wildman–Crippen LogP) is 2.77. The van der Waals surface area contributed by atoms with Crippen LogP contribution in [0.2, 0.25) is 0 Å². The molecule has 0 unspecified atom stereocenters. The molecule has 2 N–H and O–H groups in total. The lowest BCUT2D eigenvalue weighted by Crippen LogP contribution is -2.35. The van der Waals surface area contributed by atoms with Crippen LogP contribution in [0.15, 0.2) is 48.2 Å². The fourth-order valence-electron chi connectivity index (χ4n) is 3.91. The van der Waals surface area contributed by atoms with Crippen molar-refractivity contribution >= 4 is 23.1 Å². The van der Waals surface area contributed by atoms with Gasteiger partial charge in [0, 0.05) is 45.8 Å². The van der Waals surface area contributed by atoms with Crippen LogP contribution >= 0.6 is 11.3 Å². The van der Waals surface area contributed by atoms with Crippen molar-refractivity contribution in [2.45, 2.75) is 25.7 Å². The van der Waals surface area contributed by atoms with Gasteiger partial charge in [0.05, 0.1) is 4.88 Å². The van der Waals surface area contributed by atoms with E-state index in [0.717, 1.165) is 16.0 Å². The number of anilines is 1. The van der Waals surface area contributed by atoms with Crippen LogP contribution < -0.4 is 15.0 Å². The molecule has 1 aromatic carbocycles. The maximum Gasteiger partial charge on any atom is 0.259 e. The van der Waals surface area contributed by atoms with Crippen molar-refractivity contribution in [2.24, 2.45) is 0 Å². The zero-order chi connectivity index (χ0) is 23.4. The number of rotatable bonds is 8. The van der Waals surface area contributed by atoms with Gasteiger partial charge in [0.2, 0.25) is 5.79 Å². The minimum atomic E-state index is -1.40. The molecule has 0 radical (unpaired) electrons. The third-order valence-electron chi connectivity index (χ3n) is 5.86. The first-order chi connectivity index (χ1) is 15.9. The molecule has 0 bridgehead atoms. The average Bonchev–Trinajstić information content (AvgIpc) is 3.34. The topological polar surface area (TPSA) is 90.8 Å². The summed E-state index contributed by atoms with van der Waals surface area (Å²) in [5.41, 5.74) is 2.53. The van der Waals surface area contributed by atoms with Gasteiger partial charge in [-0.25, -0.2) is 9.97 Å². The van der Waals surface area contributed by atoms with Gasteiger partial charge >= 0.3 is 0 Å². The van der Waals surface area contributed by atoms with Crippen LogP contribution in [0, 0.1) is 6.92 Å². The number of hydrogen-bond acceptors (Lipinski definition) is 8. The van der Waals surface area contributed by atoms with E-state index >= 15 is 0 Å². The molecule has 1 aliphatic heterocycles. The Balaban J connectivity index is 1.53. The van der Waals surface area contributed by atoms with Crippen molar-refractivity contribution in [1.82, 2.24) is 20.2 Å². The number of amides is 1. The summed E-state index contributed by atoms with van der Waals surface area (Å²) in [6, 6.07) is 9.51. The first-order valence-corrected chi connectivity index (χ1v) is 11.8. The highest BCUT2D eigenvalue weighted by Gasteiger charge is 2.33. The van der Waals surface area contributed by atoms with E-state index in [2.05, 4.69) is 15.3 Å². The van der Waals surface area contributed by atoms with Crippen LogP contribution in [0.4, 0.5) is 5.82 Å². The molecule has 0 saturated heterocycles. The van der Waals surface area contributed by atoms with Crippen molar-refractivity contribution in [2.75, 3.05) is 38.6 Å². The Bertz CT molecular complexity index is 1110. The fraction of sp³-hybridized carbons (Fsp3) is 0.375. The number of hydrogen-bond donors (Lipinski definition) is 2. The number of nitrogens with zero attached hydrogens (tertiary/aromatic N) is 4. The highest BCUT2D eigenvalue weighted by Crippen LogP contribution is 2.33. The molecule has 2 aromatic heterocycles. The normalized spacial score (nSPS) is 15.7. The molecule has 8 nitrogen and oxygen atoms in total. The Morgan fingerprint density at radius 3 is 2.88 bits per heavy atom. The zero-order valence-corrected chi connectivity index (χ0v) is 19.9. The monoisotopic (exact) mass is 467 g/mol. The predicted molar refractivity (Wildman–Crippen MR) is 129 cm³/mol. The number of aromatic nitrogens is 2. The lowest BCUT2D eigenvalue weighted by Gasteiger charge is -2.29. The molecular formula is C24H29N5O3S. The number of carbonyl (C=O) groups excluding carboxylic acids is 1. The van der Waals surface area contributed by atoms with E-state index < -0.39 is 5.79 Å². The van der Waals surface area contributed by atoms with Gasteiger partial charge in [0.15, 0.2) is 0 Å². The second-order valence-electron chi connectivity index (χ2n) is 8.21. The summed E-state index contributed by atoms with van der Waals surface area (Å²) in [5.74, 6) is -0.231. The number of thiophene rings is 1. The second-order valence-corrected chi connectivity index (χ2v) is 9.16. The van der Waals surface area contributed by atoms with Gasteiger partial charge in [-0.1, -0.05) is 12.1 Å². The fourth-order valence-corrected chi connectivity index (χ4v) is 4.70. The van der Waals surface area contributed by atoms with Crippen LogP contribution in [0.25, 0.3) is 0 Å². The highest BCUT2D eigenvalue weighted by molar-refractivity contribution is 7.10. The minimum absolute atomic E-state index is 0.0752. The number of benzene rings is 1. The maximum absolute atomic E-state index is 13.1. The van der Waals surface area contributed by atoms with E-state index in [1.807, 2.05) is 66.5 Å². The number of aliphatic hydroxyl groups is 1. The van der Waals surface area contributed by atoms with Crippen LogP contribution in [0.5, 0.6) is 5.75 Å². The summed E-state index contributed by atoms with van der Waals surface area (Å²) in [7, 11) is 3.78. The lowest BCUT2D eigenvalue weighted by molar-refractivity contribution is -0.147. The van der Waals surface area contributed by atoms with Crippen LogP contribution in [-0.2, 0) is 12.3 Å². The number of likely N-dealkylation sites (N-methyl/N-ethyl adjacent to an activating group) is 1. The van der Waals surface area contributed by atoms with Gasteiger partial charge in [0.1, 0.15) is 23.5 Å². The van der Waals surface area contributed by atoms with E-state index in [9.17, 15) is 9.90 Å². The third-order valence-corrected chi connectivity index (χ3v) is 6.86. The van der Waals surface area contributed by atoms with Crippen LogP contribution in [0.3, 0.4) is 0 Å². The van der Waals surface area contributed by atoms with Gasteiger partial charge in [0.25, 0.3) is 5.91 Å². The number of ether oxygens (including phenoxy) is 1. The standard InChI is InChI=1S/C24H29N5O3S/c1-17-13-19(32-24(31,8-9-25-2)21-5-4-12-33-21)7-6-18(17)15-29-11-10-28(3)22-20(23(29)30)14-26-16-27-22/h4-7,12-14,16,25,31H,8-11,15H2,1-3H3/t24-/m1/s1. The van der Waals surface area contributed by atoms with E-state index in [0.29, 0.717) is 49.7 Å². The van der Waals surface area contributed by atoms with Crippen molar-refractivity contribution in [3.05, 3.63) is 69.8 Å². The lowest BCUT2D eigenvalue weighted by atomic mass is 10.1. The van der Waals surface area contributed by atoms with Crippen molar-refractivity contribution < 1.29 is 14.6 Å². The summed E-state index contributed by atoms with van der Waals surface area (Å²) in [6.45, 7) is 4.36. The quantitative estimate of drug-likeness (QED) is 0.492. The zero-order valence-electron chi connectivity index (χ0n) is 19.1. The molecule has 0 saturated carbocycles. The molecule has 1 aliphatic rings. The molecule has 33 heavy (non-hydrogen) atoms. The average molecular weight is 468 g/mol. The second kappa shape index (κ2) is 9.86. The first-order valence-electron chi connectivity index (χ1n) is 10.9. The van der Waals surface area contributed by atoms with Gasteiger partial charge in [-0.15, -0.1) is 11.3 Å². The largest absolute Gasteiger partial charge is 0.457 e. The van der Waals surface area contributed by atoms with Gasteiger partial charge < -0.3 is 25.0 Å². The molecular weight excluding hydrogens is 438 g/mol. The molecule has 4 rings (SSSR count). The molecule has 174 valence electrons. The van der Waals surface area contributed by atoms with Crippen molar-refractivity contribution in [1.29, 1.82) is 0 Å². The molecule has 3 heterocycles. The van der Waals surface area contributed by atoms with E-state index in [1.165, 1.54) is 17.7 Å². The summed E-state index contributed by atoms with van der Waals surface area (Å²) in [6.07, 6.45) is 3.47. The van der Waals surface area contributed by atoms with E-state index in [-0.39, 0.29) is 5.91 Å². The summed E-state index contributed by atoms with van der Waals surface area (Å²) < 4.78 is 6.10. The number of aryl methyl sites for hydroxylation is 1. The van der Waals surface area contributed by atoms with Crippen LogP contribution in [0.1, 0.15) is 32.8 Å². The molecule has 1 atom stereocenters. The van der Waals surface area contributed by atoms with E-state index in [4.69, 9.17) is 4.74 Å². The number of nitrogens with one attached hydrogen (secondary N) is 1. The molecule has 3 aromatic rings. The minimum Gasteiger partial charge on any atom is -0.457 e. The Kier molecular flexibility index (Phi) is 6.92. The smallest absolute Gasteiger partial charge is 0.259 e. The van der Waals surface area contributed by atoms with Gasteiger partial charge in [-0.05, 0) is 48.7 Å². The molecule has 9 heteroatoms.